The van der Waals surface area contributed by atoms with Crippen LogP contribution in [-0.4, -0.2) is 37.2 Å². The van der Waals surface area contributed by atoms with Gasteiger partial charge in [-0.15, -0.1) is 0 Å². The summed E-state index contributed by atoms with van der Waals surface area (Å²) >= 11 is 0. The SMILES string of the molecule is CC/C=C\C/C=C\C/C=C\CCCCCCCCCC(=O)OC(COC(=O)CCCCCCCCC)COC(=O)CCCCCCCCC/C=C\CCCCCCCCC. The second-order valence-electron chi connectivity index (χ2n) is 17.1. The van der Waals surface area contributed by atoms with Gasteiger partial charge in [0, 0.05) is 19.3 Å². The highest BCUT2D eigenvalue weighted by molar-refractivity contribution is 5.71. The Hall–Kier alpha value is -2.63. The van der Waals surface area contributed by atoms with Crippen LogP contribution in [0.1, 0.15) is 258 Å². The van der Waals surface area contributed by atoms with Crippen molar-refractivity contribution in [2.24, 2.45) is 0 Å². The van der Waals surface area contributed by atoms with Crippen LogP contribution >= 0.6 is 0 Å². The zero-order valence-electron chi connectivity index (χ0n) is 39.7. The van der Waals surface area contributed by atoms with Crippen LogP contribution in [0.4, 0.5) is 0 Å². The van der Waals surface area contributed by atoms with E-state index in [9.17, 15) is 14.4 Å². The van der Waals surface area contributed by atoms with Crippen LogP contribution in [0.15, 0.2) is 48.6 Å². The number of ether oxygens (including phenoxy) is 3. The molecule has 0 fully saturated rings. The van der Waals surface area contributed by atoms with Gasteiger partial charge in [-0.3, -0.25) is 14.4 Å². The number of hydrogen-bond acceptors (Lipinski definition) is 6. The summed E-state index contributed by atoms with van der Waals surface area (Å²) in [5.74, 6) is -0.893. The number of allylic oxidation sites excluding steroid dienone is 8. The smallest absolute Gasteiger partial charge is 0.306 e. The monoisotopic (exact) mass is 841 g/mol. The Kier molecular flexibility index (Phi) is 46.9. The third kappa shape index (κ3) is 46.4. The molecular formula is C54H96O6. The summed E-state index contributed by atoms with van der Waals surface area (Å²) in [4.78, 5) is 37.8. The molecule has 0 aliphatic carbocycles. The molecule has 0 aromatic carbocycles. The molecule has 1 atom stereocenters. The van der Waals surface area contributed by atoms with Gasteiger partial charge in [0.15, 0.2) is 6.10 Å². The predicted octanol–water partition coefficient (Wildman–Crippen LogP) is 16.7. The Bertz CT molecular complexity index is 1060. The van der Waals surface area contributed by atoms with Crippen molar-refractivity contribution >= 4 is 17.9 Å². The number of rotatable bonds is 46. The van der Waals surface area contributed by atoms with Crippen molar-refractivity contribution in [1.82, 2.24) is 0 Å². The summed E-state index contributed by atoms with van der Waals surface area (Å²) < 4.78 is 16.7. The van der Waals surface area contributed by atoms with Crippen LogP contribution < -0.4 is 0 Å². The highest BCUT2D eigenvalue weighted by Crippen LogP contribution is 2.15. The first kappa shape index (κ1) is 57.4. The first-order valence-corrected chi connectivity index (χ1v) is 25.6. The van der Waals surface area contributed by atoms with Crippen molar-refractivity contribution < 1.29 is 28.6 Å². The van der Waals surface area contributed by atoms with E-state index in [-0.39, 0.29) is 31.1 Å². The summed E-state index contributed by atoms with van der Waals surface area (Å²) in [5, 5.41) is 0. The van der Waals surface area contributed by atoms with E-state index in [1.807, 2.05) is 0 Å². The quantitative estimate of drug-likeness (QED) is 0.0263. The molecule has 0 aliphatic rings. The fourth-order valence-corrected chi connectivity index (χ4v) is 7.22. The zero-order valence-corrected chi connectivity index (χ0v) is 39.7. The molecule has 0 N–H and O–H groups in total. The second-order valence-corrected chi connectivity index (χ2v) is 17.1. The van der Waals surface area contributed by atoms with Gasteiger partial charge in [0.25, 0.3) is 0 Å². The number of unbranched alkanes of at least 4 members (excludes halogenated alkanes) is 27. The van der Waals surface area contributed by atoms with Crippen molar-refractivity contribution in [3.05, 3.63) is 48.6 Å². The highest BCUT2D eigenvalue weighted by Gasteiger charge is 2.19. The minimum atomic E-state index is -0.775. The summed E-state index contributed by atoms with van der Waals surface area (Å²) in [7, 11) is 0. The fraction of sp³-hybridized carbons (Fsp3) is 0.796. The van der Waals surface area contributed by atoms with Gasteiger partial charge in [-0.25, -0.2) is 0 Å². The lowest BCUT2D eigenvalue weighted by atomic mass is 10.1. The van der Waals surface area contributed by atoms with E-state index in [0.29, 0.717) is 19.3 Å². The van der Waals surface area contributed by atoms with Gasteiger partial charge in [-0.05, 0) is 77.0 Å². The zero-order chi connectivity index (χ0) is 43.7. The van der Waals surface area contributed by atoms with Crippen LogP contribution in [0.2, 0.25) is 0 Å². The van der Waals surface area contributed by atoms with Crippen molar-refractivity contribution in [1.29, 1.82) is 0 Å². The summed E-state index contributed by atoms with van der Waals surface area (Å²) in [5.41, 5.74) is 0. The summed E-state index contributed by atoms with van der Waals surface area (Å²) in [6.45, 7) is 6.48. The molecule has 348 valence electrons. The van der Waals surface area contributed by atoms with Gasteiger partial charge < -0.3 is 14.2 Å². The summed E-state index contributed by atoms with van der Waals surface area (Å²) in [6.07, 6.45) is 58.2. The van der Waals surface area contributed by atoms with Crippen LogP contribution in [0, 0.1) is 0 Å². The minimum absolute atomic E-state index is 0.0775. The van der Waals surface area contributed by atoms with Crippen LogP contribution in [0.3, 0.4) is 0 Å². The molecule has 0 spiro atoms. The molecule has 0 saturated heterocycles. The van der Waals surface area contributed by atoms with E-state index in [1.54, 1.807) is 0 Å². The van der Waals surface area contributed by atoms with E-state index in [1.165, 1.54) is 135 Å². The fourth-order valence-electron chi connectivity index (χ4n) is 7.22. The maximum Gasteiger partial charge on any atom is 0.306 e. The Labute approximate surface area is 371 Å². The molecule has 0 aliphatic heterocycles. The van der Waals surface area contributed by atoms with Crippen molar-refractivity contribution in [3.63, 3.8) is 0 Å². The molecule has 0 heterocycles. The van der Waals surface area contributed by atoms with E-state index < -0.39 is 6.10 Å². The van der Waals surface area contributed by atoms with Crippen molar-refractivity contribution in [2.45, 2.75) is 264 Å². The first-order chi connectivity index (χ1) is 29.5. The molecule has 0 bridgehead atoms. The van der Waals surface area contributed by atoms with Gasteiger partial charge >= 0.3 is 17.9 Å². The average Bonchev–Trinajstić information content (AvgIpc) is 3.24. The number of hydrogen-bond donors (Lipinski definition) is 0. The van der Waals surface area contributed by atoms with E-state index in [2.05, 4.69) is 69.4 Å². The predicted molar refractivity (Wildman–Crippen MR) is 256 cm³/mol. The van der Waals surface area contributed by atoms with E-state index in [0.717, 1.165) is 83.5 Å². The van der Waals surface area contributed by atoms with Crippen molar-refractivity contribution in [3.8, 4) is 0 Å². The van der Waals surface area contributed by atoms with Gasteiger partial charge in [-0.2, -0.15) is 0 Å². The lowest BCUT2D eigenvalue weighted by molar-refractivity contribution is -0.167. The molecule has 60 heavy (non-hydrogen) atoms. The Morgan fingerprint density at radius 2 is 0.650 bits per heavy atom. The number of esters is 3. The number of carbonyl (C=O) groups excluding carboxylic acids is 3. The molecule has 1 unspecified atom stereocenters. The Balaban J connectivity index is 4.26. The van der Waals surface area contributed by atoms with Crippen molar-refractivity contribution in [2.75, 3.05) is 13.2 Å². The van der Waals surface area contributed by atoms with Crippen LogP contribution in [0.5, 0.6) is 0 Å². The normalized spacial score (nSPS) is 12.4. The van der Waals surface area contributed by atoms with Crippen LogP contribution in [0.25, 0.3) is 0 Å². The highest BCUT2D eigenvalue weighted by atomic mass is 16.6. The van der Waals surface area contributed by atoms with Gasteiger partial charge in [-0.1, -0.05) is 211 Å². The molecule has 0 rings (SSSR count). The standard InChI is InChI=1S/C54H96O6/c1-4-7-10-13-16-18-20-22-24-26-28-29-31-33-35-38-41-44-47-53(56)59-50-51(49-58-52(55)46-43-40-37-15-12-9-6-3)60-54(57)48-45-42-39-36-34-32-30-27-25-23-21-19-17-14-11-8-5-2/h8,11,17,19,23-26,51H,4-7,9-10,12-16,18,20-22,27-50H2,1-3H3/b11-8-,19-17-,25-23-,26-24-. The maximum atomic E-state index is 12.8. The lowest BCUT2D eigenvalue weighted by Crippen LogP contribution is -2.30. The lowest BCUT2D eigenvalue weighted by Gasteiger charge is -2.18. The molecule has 0 radical (unpaired) electrons. The molecular weight excluding hydrogens is 745 g/mol. The third-order valence-electron chi connectivity index (χ3n) is 11.1. The Morgan fingerprint density at radius 3 is 1.03 bits per heavy atom. The topological polar surface area (TPSA) is 78.9 Å². The average molecular weight is 841 g/mol. The number of carbonyl (C=O) groups is 3. The van der Waals surface area contributed by atoms with Gasteiger partial charge in [0.2, 0.25) is 0 Å². The largest absolute Gasteiger partial charge is 0.462 e. The Morgan fingerprint density at radius 1 is 0.350 bits per heavy atom. The van der Waals surface area contributed by atoms with Crippen LogP contribution in [-0.2, 0) is 28.6 Å². The van der Waals surface area contributed by atoms with E-state index in [4.69, 9.17) is 14.2 Å². The summed E-state index contributed by atoms with van der Waals surface area (Å²) in [6, 6.07) is 0. The molecule has 0 amide bonds. The maximum absolute atomic E-state index is 12.8. The molecule has 6 nitrogen and oxygen atoms in total. The third-order valence-corrected chi connectivity index (χ3v) is 11.1. The second kappa shape index (κ2) is 49.0. The van der Waals surface area contributed by atoms with Gasteiger partial charge in [0.1, 0.15) is 13.2 Å². The molecule has 0 aromatic heterocycles. The molecule has 0 saturated carbocycles. The molecule has 0 aromatic rings. The molecule has 6 heteroatoms. The van der Waals surface area contributed by atoms with Gasteiger partial charge in [0.05, 0.1) is 0 Å². The first-order valence-electron chi connectivity index (χ1n) is 25.6. The van der Waals surface area contributed by atoms with E-state index >= 15 is 0 Å². The minimum Gasteiger partial charge on any atom is -0.462 e.